The number of thiophene rings is 1. The first-order valence-corrected chi connectivity index (χ1v) is 15.5. The molecule has 0 radical (unpaired) electrons. The molecule has 4 aromatic heterocycles. The summed E-state index contributed by atoms with van der Waals surface area (Å²) in [5.41, 5.74) is 2.96. The lowest BCUT2D eigenvalue weighted by Crippen LogP contribution is -2.35. The quantitative estimate of drug-likeness (QED) is 0.223. The van der Waals surface area contributed by atoms with Crippen LogP contribution in [0, 0.1) is 30.1 Å². The number of anilines is 1. The number of rotatable bonds is 5. The van der Waals surface area contributed by atoms with E-state index in [1.165, 1.54) is 22.3 Å². The third kappa shape index (κ3) is 5.28. The predicted octanol–water partition coefficient (Wildman–Crippen LogP) is 6.42. The van der Waals surface area contributed by atoms with Gasteiger partial charge in [0, 0.05) is 46.4 Å². The number of carbonyl (C=O) groups is 1. The maximum Gasteiger partial charge on any atom is 0.338 e. The number of carboxylic acid groups (broad SMARTS) is 1. The summed E-state index contributed by atoms with van der Waals surface area (Å²) >= 11 is 7.67. The van der Waals surface area contributed by atoms with Gasteiger partial charge in [-0.05, 0) is 44.0 Å². The fraction of sp³-hybridized carbons (Fsp3) is 0.273. The molecule has 1 saturated carbocycles. The average molecular weight is 623 g/mol. The molecule has 0 unspecified atom stereocenters. The van der Waals surface area contributed by atoms with Crippen molar-refractivity contribution >= 4 is 55.8 Å². The highest BCUT2D eigenvalue weighted by molar-refractivity contribution is 7.18. The molecule has 11 heteroatoms. The van der Waals surface area contributed by atoms with Crippen LogP contribution < -0.4 is 10.5 Å². The fourth-order valence-electron chi connectivity index (χ4n) is 5.87. The van der Waals surface area contributed by atoms with E-state index in [0.717, 1.165) is 36.8 Å². The van der Waals surface area contributed by atoms with Crippen LogP contribution in [0.1, 0.15) is 59.4 Å². The minimum Gasteiger partial charge on any atom is -0.478 e. The minimum absolute atomic E-state index is 0.0462. The average Bonchev–Trinajstić information content (AvgIpc) is 3.48. The SMILES string of the molecule is Cc1nc2cnc(N(C)C3CCCCC3)c(C#N)c2c(=O)n1CC#Cc1ccc(Cl)cc1-c1ccnc2c(C(=O)O)csc12. The van der Waals surface area contributed by atoms with Crippen LogP contribution in [-0.2, 0) is 6.54 Å². The smallest absolute Gasteiger partial charge is 0.338 e. The Morgan fingerprint density at radius 2 is 2.00 bits per heavy atom. The van der Waals surface area contributed by atoms with Crippen LogP contribution in [0.5, 0.6) is 0 Å². The lowest BCUT2D eigenvalue weighted by atomic mass is 9.94. The standard InChI is InChI=1S/C33H27ClN6O3S/c1-19-38-27-17-37-31(39(2)22-8-4-3-5-9-22)25(16-35)28(27)32(41)40(19)14-6-7-20-10-11-21(34)15-24(20)23-12-13-36-29-26(33(42)43)18-44-30(23)29/h10-13,15,17-18,22H,3-5,8-9,14H2,1-2H3,(H,42,43). The molecule has 1 aromatic carbocycles. The minimum atomic E-state index is -1.04. The van der Waals surface area contributed by atoms with E-state index in [1.807, 2.05) is 18.0 Å². The molecule has 5 aromatic rings. The van der Waals surface area contributed by atoms with Crippen molar-refractivity contribution in [3.8, 4) is 29.0 Å². The number of aromatic nitrogens is 4. The molecule has 1 N–H and O–H groups in total. The molecule has 0 spiro atoms. The van der Waals surface area contributed by atoms with Crippen LogP contribution in [0.3, 0.4) is 0 Å². The van der Waals surface area contributed by atoms with Gasteiger partial charge in [-0.25, -0.2) is 14.8 Å². The Morgan fingerprint density at radius 3 is 2.75 bits per heavy atom. The summed E-state index contributed by atoms with van der Waals surface area (Å²) in [6.07, 6.45) is 8.67. The van der Waals surface area contributed by atoms with E-state index in [2.05, 4.69) is 32.9 Å². The van der Waals surface area contributed by atoms with Crippen molar-refractivity contribution in [3.05, 3.63) is 79.9 Å². The first-order chi connectivity index (χ1) is 21.3. The Labute approximate surface area is 262 Å². The second-order valence-electron chi connectivity index (χ2n) is 10.8. The molecule has 0 amide bonds. The molecule has 1 aliphatic rings. The van der Waals surface area contributed by atoms with Gasteiger partial charge in [-0.2, -0.15) is 5.26 Å². The lowest BCUT2D eigenvalue weighted by molar-refractivity contribution is 0.0699. The van der Waals surface area contributed by atoms with E-state index in [4.69, 9.17) is 11.6 Å². The van der Waals surface area contributed by atoms with Crippen LogP contribution >= 0.6 is 22.9 Å². The Hall–Kier alpha value is -4.77. The summed E-state index contributed by atoms with van der Waals surface area (Å²) in [5.74, 6) is 6.20. The summed E-state index contributed by atoms with van der Waals surface area (Å²) in [7, 11) is 1.94. The number of aromatic carboxylic acids is 1. The summed E-state index contributed by atoms with van der Waals surface area (Å²) in [6.45, 7) is 1.78. The molecule has 1 aliphatic carbocycles. The zero-order chi connectivity index (χ0) is 31.0. The van der Waals surface area contributed by atoms with E-state index in [0.29, 0.717) is 38.0 Å². The highest BCUT2D eigenvalue weighted by Gasteiger charge is 2.24. The number of hydrogen-bond donors (Lipinski definition) is 1. The number of halogens is 1. The third-order valence-corrected chi connectivity index (χ3v) is 9.39. The van der Waals surface area contributed by atoms with Crippen LogP contribution in [-0.4, -0.2) is 43.7 Å². The van der Waals surface area contributed by atoms with Crippen LogP contribution in [0.15, 0.2) is 46.8 Å². The summed E-state index contributed by atoms with van der Waals surface area (Å²) in [4.78, 5) is 41.0. The Bertz CT molecular complexity index is 2110. The Balaban J connectivity index is 1.40. The maximum atomic E-state index is 13.8. The number of hydrogen-bond acceptors (Lipinski definition) is 8. The second kappa shape index (κ2) is 12.1. The highest BCUT2D eigenvalue weighted by atomic mass is 35.5. The predicted molar refractivity (Wildman–Crippen MR) is 172 cm³/mol. The van der Waals surface area contributed by atoms with Gasteiger partial charge in [0.1, 0.15) is 23.3 Å². The maximum absolute atomic E-state index is 13.8. The van der Waals surface area contributed by atoms with Crippen molar-refractivity contribution in [2.75, 3.05) is 11.9 Å². The first kappa shape index (κ1) is 29.3. The number of benzene rings is 1. The van der Waals surface area contributed by atoms with Crippen LogP contribution in [0.25, 0.3) is 32.2 Å². The molecular formula is C33H27ClN6O3S. The van der Waals surface area contributed by atoms with Gasteiger partial charge in [0.15, 0.2) is 0 Å². The van der Waals surface area contributed by atoms with Gasteiger partial charge < -0.3 is 10.0 Å². The number of carboxylic acids is 1. The van der Waals surface area contributed by atoms with Crippen LogP contribution in [0.2, 0.25) is 5.02 Å². The summed E-state index contributed by atoms with van der Waals surface area (Å²) in [5, 5.41) is 22.1. The molecule has 0 bridgehead atoms. The summed E-state index contributed by atoms with van der Waals surface area (Å²) < 4.78 is 2.19. The number of nitriles is 1. The van der Waals surface area contributed by atoms with E-state index in [-0.39, 0.29) is 34.7 Å². The lowest BCUT2D eigenvalue weighted by Gasteiger charge is -2.32. The molecule has 1 fully saturated rings. The molecule has 9 nitrogen and oxygen atoms in total. The number of fused-ring (bicyclic) bond motifs is 2. The van der Waals surface area contributed by atoms with Crippen molar-refractivity contribution in [2.24, 2.45) is 0 Å². The largest absolute Gasteiger partial charge is 0.478 e. The van der Waals surface area contributed by atoms with Gasteiger partial charge in [-0.15, -0.1) is 11.3 Å². The van der Waals surface area contributed by atoms with Crippen molar-refractivity contribution in [1.82, 2.24) is 19.5 Å². The Morgan fingerprint density at radius 1 is 1.20 bits per heavy atom. The molecule has 0 aliphatic heterocycles. The number of nitrogens with zero attached hydrogens (tertiary/aromatic N) is 6. The van der Waals surface area contributed by atoms with Crippen LogP contribution in [0.4, 0.5) is 5.82 Å². The van der Waals surface area contributed by atoms with E-state index < -0.39 is 5.97 Å². The zero-order valence-electron chi connectivity index (χ0n) is 24.1. The van der Waals surface area contributed by atoms with E-state index >= 15 is 0 Å². The van der Waals surface area contributed by atoms with Crippen molar-refractivity contribution in [1.29, 1.82) is 5.26 Å². The third-order valence-electron chi connectivity index (χ3n) is 8.16. The van der Waals surface area contributed by atoms with Gasteiger partial charge in [-0.1, -0.05) is 42.7 Å². The van der Waals surface area contributed by atoms with Gasteiger partial charge in [-0.3, -0.25) is 14.3 Å². The molecule has 0 saturated heterocycles. The Kier molecular flexibility index (Phi) is 8.05. The molecule has 6 rings (SSSR count). The first-order valence-electron chi connectivity index (χ1n) is 14.2. The molecule has 44 heavy (non-hydrogen) atoms. The van der Waals surface area contributed by atoms with Gasteiger partial charge >= 0.3 is 5.97 Å². The van der Waals surface area contributed by atoms with Crippen molar-refractivity contribution in [3.63, 3.8) is 0 Å². The van der Waals surface area contributed by atoms with Gasteiger partial charge in [0.25, 0.3) is 5.56 Å². The fourth-order valence-corrected chi connectivity index (χ4v) is 7.07. The molecule has 4 heterocycles. The molecule has 220 valence electrons. The molecular weight excluding hydrogens is 596 g/mol. The molecule has 0 atom stereocenters. The number of aryl methyl sites for hydroxylation is 1. The highest BCUT2D eigenvalue weighted by Crippen LogP contribution is 2.36. The number of pyridine rings is 2. The van der Waals surface area contributed by atoms with Crippen molar-refractivity contribution in [2.45, 2.75) is 51.6 Å². The zero-order valence-corrected chi connectivity index (χ0v) is 25.7. The topological polar surface area (TPSA) is 125 Å². The van der Waals surface area contributed by atoms with Crippen molar-refractivity contribution < 1.29 is 9.90 Å². The van der Waals surface area contributed by atoms with E-state index in [1.54, 1.807) is 42.9 Å². The second-order valence-corrected chi connectivity index (χ2v) is 12.1. The normalized spacial score (nSPS) is 13.4. The monoisotopic (exact) mass is 622 g/mol. The van der Waals surface area contributed by atoms with Gasteiger partial charge in [0.2, 0.25) is 0 Å². The van der Waals surface area contributed by atoms with E-state index in [9.17, 15) is 20.0 Å². The van der Waals surface area contributed by atoms with Gasteiger partial charge in [0.05, 0.1) is 39.4 Å². The summed E-state index contributed by atoms with van der Waals surface area (Å²) in [6, 6.07) is 9.63.